The standard InChI is InChI=1S/C35H74NO3/c1-7-10-12-14-16-18-20-22-24-26-28-30-33-37-36(32-9-3,39-35(4,5)6)38-34-31-29-27-25-23-21-19-17-15-13-11-8-2/h7-34H2,1-6H3/q+1. The first-order chi connectivity index (χ1) is 18.9. The van der Waals surface area contributed by atoms with E-state index in [1.165, 1.54) is 141 Å². The van der Waals surface area contributed by atoms with Gasteiger partial charge in [-0.25, -0.2) is 0 Å². The van der Waals surface area contributed by atoms with Crippen molar-refractivity contribution in [1.82, 2.24) is 0 Å². The molecule has 4 nitrogen and oxygen atoms in total. The average Bonchev–Trinajstić information content (AvgIpc) is 2.89. The van der Waals surface area contributed by atoms with Gasteiger partial charge in [0.1, 0.15) is 18.8 Å². The molecule has 0 fully saturated rings. The van der Waals surface area contributed by atoms with Crippen LogP contribution in [0.4, 0.5) is 0 Å². The van der Waals surface area contributed by atoms with Gasteiger partial charge in [-0.3, -0.25) is 0 Å². The van der Waals surface area contributed by atoms with Crippen molar-refractivity contribution in [1.29, 1.82) is 0 Å². The predicted octanol–water partition coefficient (Wildman–Crippen LogP) is 12.2. The fraction of sp³-hybridized carbons (Fsp3) is 1.00. The molecule has 0 rings (SSSR count). The molecule has 0 heterocycles. The summed E-state index contributed by atoms with van der Waals surface area (Å²) in [5, 5.41) is 0. The lowest BCUT2D eigenvalue weighted by molar-refractivity contribution is -1.37. The Labute approximate surface area is 246 Å². The van der Waals surface area contributed by atoms with Crippen molar-refractivity contribution >= 4 is 0 Å². The molecule has 0 amide bonds. The van der Waals surface area contributed by atoms with Crippen molar-refractivity contribution in [2.45, 2.75) is 208 Å². The van der Waals surface area contributed by atoms with Gasteiger partial charge in [-0.1, -0.05) is 162 Å². The van der Waals surface area contributed by atoms with Crippen LogP contribution in [-0.4, -0.2) is 30.3 Å². The molecule has 0 radical (unpaired) electrons. The zero-order valence-corrected chi connectivity index (χ0v) is 28.0. The zero-order valence-electron chi connectivity index (χ0n) is 28.0. The third kappa shape index (κ3) is 27.8. The van der Waals surface area contributed by atoms with Gasteiger partial charge in [0.25, 0.3) is 0 Å². The van der Waals surface area contributed by atoms with Crippen LogP contribution in [0, 0.1) is 0 Å². The number of rotatable bonds is 31. The van der Waals surface area contributed by atoms with Crippen LogP contribution in [0.5, 0.6) is 0 Å². The summed E-state index contributed by atoms with van der Waals surface area (Å²) in [7, 11) is 0. The first kappa shape index (κ1) is 38.8. The van der Waals surface area contributed by atoms with Crippen LogP contribution in [0.15, 0.2) is 0 Å². The van der Waals surface area contributed by atoms with E-state index in [0.29, 0.717) is 13.2 Å². The van der Waals surface area contributed by atoms with Gasteiger partial charge in [-0.2, -0.15) is 0 Å². The molecule has 0 N–H and O–H groups in total. The van der Waals surface area contributed by atoms with E-state index in [1.807, 2.05) is 0 Å². The Balaban J connectivity index is 4.07. The predicted molar refractivity (Wildman–Crippen MR) is 170 cm³/mol. The minimum atomic E-state index is -0.317. The van der Waals surface area contributed by atoms with E-state index in [0.717, 1.165) is 25.8 Å². The van der Waals surface area contributed by atoms with Crippen molar-refractivity contribution in [3.8, 4) is 0 Å². The Kier molecular flexibility index (Phi) is 27.9. The lowest BCUT2D eigenvalue weighted by Crippen LogP contribution is -2.52. The minimum Gasteiger partial charge on any atom is -0.132 e. The number of nitrogens with zero attached hydrogens (tertiary/aromatic N) is 1. The number of hydrogen-bond acceptors (Lipinski definition) is 3. The van der Waals surface area contributed by atoms with E-state index < -0.39 is 0 Å². The summed E-state index contributed by atoms with van der Waals surface area (Å²) in [6.07, 6.45) is 33.4. The fourth-order valence-electron chi connectivity index (χ4n) is 5.25. The average molecular weight is 557 g/mol. The normalized spacial score (nSPS) is 12.5. The highest BCUT2D eigenvalue weighted by Gasteiger charge is 2.39. The van der Waals surface area contributed by atoms with E-state index in [-0.39, 0.29) is 10.6 Å². The molecule has 0 bridgehead atoms. The SMILES string of the molecule is CCCCCCCCCCCCCCO[N+](CCC)(OCCCCCCCCCCCCCC)OC(C)(C)C. The first-order valence-corrected chi connectivity index (χ1v) is 17.8. The molecule has 0 saturated heterocycles. The Morgan fingerprint density at radius 3 is 0.923 bits per heavy atom. The molecular formula is C35H74NO3+. The molecular weight excluding hydrogens is 482 g/mol. The summed E-state index contributed by atoms with van der Waals surface area (Å²) in [6.45, 7) is 15.2. The van der Waals surface area contributed by atoms with Crippen molar-refractivity contribution in [2.75, 3.05) is 19.8 Å². The highest BCUT2D eigenvalue weighted by molar-refractivity contribution is 4.54. The Morgan fingerprint density at radius 1 is 0.385 bits per heavy atom. The highest BCUT2D eigenvalue weighted by atomic mass is 17.2. The third-order valence-corrected chi connectivity index (χ3v) is 7.48. The maximum Gasteiger partial charge on any atom is 0.178 e. The second-order valence-corrected chi connectivity index (χ2v) is 13.0. The molecule has 0 aliphatic carbocycles. The van der Waals surface area contributed by atoms with Crippen molar-refractivity contribution in [2.24, 2.45) is 0 Å². The van der Waals surface area contributed by atoms with Gasteiger partial charge in [-0.15, -0.1) is 14.5 Å². The summed E-state index contributed by atoms with van der Waals surface area (Å²) in [5.74, 6) is 0. The molecule has 0 spiro atoms. The molecule has 0 aliphatic rings. The molecule has 0 aromatic rings. The number of hydroxylamine groups is 3. The summed E-state index contributed by atoms with van der Waals surface area (Å²) in [4.78, 5) is 18.9. The maximum absolute atomic E-state index is 6.37. The molecule has 236 valence electrons. The van der Waals surface area contributed by atoms with E-state index in [4.69, 9.17) is 14.5 Å². The molecule has 39 heavy (non-hydrogen) atoms. The second kappa shape index (κ2) is 28.0. The fourth-order valence-corrected chi connectivity index (χ4v) is 5.25. The minimum absolute atomic E-state index is 0.101. The van der Waals surface area contributed by atoms with Crippen LogP contribution in [0.3, 0.4) is 0 Å². The monoisotopic (exact) mass is 557 g/mol. The summed E-state index contributed by atoms with van der Waals surface area (Å²) in [6, 6.07) is 0. The van der Waals surface area contributed by atoms with Gasteiger partial charge in [0.15, 0.2) is 6.54 Å². The van der Waals surface area contributed by atoms with Gasteiger partial charge in [0.2, 0.25) is 0 Å². The number of unbranched alkanes of at least 4 members (excludes halogenated alkanes) is 22. The largest absolute Gasteiger partial charge is 0.178 e. The Morgan fingerprint density at radius 2 is 0.667 bits per heavy atom. The lowest BCUT2D eigenvalue weighted by atomic mass is 10.1. The van der Waals surface area contributed by atoms with E-state index >= 15 is 0 Å². The lowest BCUT2D eigenvalue weighted by Gasteiger charge is -2.34. The molecule has 0 saturated carbocycles. The van der Waals surface area contributed by atoms with Crippen LogP contribution in [0.25, 0.3) is 0 Å². The van der Waals surface area contributed by atoms with Crippen LogP contribution >= 0.6 is 0 Å². The van der Waals surface area contributed by atoms with E-state index in [2.05, 4.69) is 41.5 Å². The van der Waals surface area contributed by atoms with Gasteiger partial charge in [0, 0.05) is 6.42 Å². The third-order valence-electron chi connectivity index (χ3n) is 7.48. The number of quaternary nitrogens is 1. The molecule has 0 unspecified atom stereocenters. The van der Waals surface area contributed by atoms with Gasteiger partial charge < -0.3 is 0 Å². The molecule has 0 aliphatic heterocycles. The van der Waals surface area contributed by atoms with Gasteiger partial charge in [-0.05, 0) is 33.6 Å². The van der Waals surface area contributed by atoms with Crippen LogP contribution in [0.2, 0.25) is 0 Å². The smallest absolute Gasteiger partial charge is 0.132 e. The molecule has 0 aromatic heterocycles. The molecule has 4 heteroatoms. The van der Waals surface area contributed by atoms with Crippen molar-refractivity contribution < 1.29 is 19.5 Å². The molecule has 0 aromatic carbocycles. The summed E-state index contributed by atoms with van der Waals surface area (Å²) in [5.41, 5.74) is -0.317. The Bertz CT molecular complexity index is 447. The van der Waals surface area contributed by atoms with Crippen molar-refractivity contribution in [3.63, 3.8) is 0 Å². The topological polar surface area (TPSA) is 27.7 Å². The number of hydrogen-bond donors (Lipinski definition) is 0. The highest BCUT2D eigenvalue weighted by Crippen LogP contribution is 2.23. The zero-order chi connectivity index (χ0) is 28.9. The van der Waals surface area contributed by atoms with Crippen LogP contribution < -0.4 is 0 Å². The quantitative estimate of drug-likeness (QED) is 0.0483. The summed E-state index contributed by atoms with van der Waals surface area (Å²) < 4.78 is 0. The summed E-state index contributed by atoms with van der Waals surface area (Å²) >= 11 is 0. The maximum atomic E-state index is 6.37. The first-order valence-electron chi connectivity index (χ1n) is 17.8. The second-order valence-electron chi connectivity index (χ2n) is 13.0. The van der Waals surface area contributed by atoms with Gasteiger partial charge in [0.05, 0.1) is 4.97 Å². The van der Waals surface area contributed by atoms with E-state index in [1.54, 1.807) is 0 Å². The van der Waals surface area contributed by atoms with Crippen LogP contribution in [-0.2, 0) is 14.5 Å². The van der Waals surface area contributed by atoms with Crippen LogP contribution in [0.1, 0.15) is 202 Å². The van der Waals surface area contributed by atoms with Crippen molar-refractivity contribution in [3.05, 3.63) is 0 Å². The van der Waals surface area contributed by atoms with Gasteiger partial charge >= 0.3 is 0 Å². The van der Waals surface area contributed by atoms with E-state index in [9.17, 15) is 0 Å². The Hall–Kier alpha value is -0.160. The molecule has 0 atom stereocenters.